The largest absolute Gasteiger partial charge is 0.486 e. The molecule has 1 aromatic carbocycles. The topological polar surface area (TPSA) is 95.3 Å². The second-order valence-corrected chi connectivity index (χ2v) is 11.0. The van der Waals surface area contributed by atoms with Gasteiger partial charge in [0.15, 0.2) is 11.0 Å². The number of esters is 1. The molecule has 192 valence electrons. The van der Waals surface area contributed by atoms with Crippen LogP contribution in [0.25, 0.3) is 0 Å². The summed E-state index contributed by atoms with van der Waals surface area (Å²) in [6, 6.07) is 7.85. The smallest absolute Gasteiger partial charge is 0.341 e. The maximum atomic E-state index is 12.9. The standard InChI is InChI=1S/C26H32N4O4S2/c1-5-30-21(14-33-18-12-10-17(4)11-13-18)28-29-26(30)35-15-22(31)27-24-23(25(32)34-16(2)3)19-8-6-7-9-20(19)36-24/h10-13,16H,5-9,14-15H2,1-4H3,(H,27,31). The van der Waals surface area contributed by atoms with Crippen molar-refractivity contribution in [3.05, 3.63) is 51.7 Å². The number of carbonyl (C=O) groups excluding carboxylic acids is 2. The van der Waals surface area contributed by atoms with Crippen LogP contribution in [0.4, 0.5) is 5.00 Å². The number of thiophene rings is 1. The number of amides is 1. The Labute approximate surface area is 219 Å². The van der Waals surface area contributed by atoms with Crippen molar-refractivity contribution in [3.63, 3.8) is 0 Å². The number of hydrogen-bond donors (Lipinski definition) is 1. The average Bonchev–Trinajstić information content (AvgIpc) is 3.42. The first kappa shape index (κ1) is 26.2. The summed E-state index contributed by atoms with van der Waals surface area (Å²) in [5.41, 5.74) is 2.72. The van der Waals surface area contributed by atoms with Gasteiger partial charge in [-0.15, -0.1) is 21.5 Å². The Hall–Kier alpha value is -2.85. The molecular formula is C26H32N4O4S2. The van der Waals surface area contributed by atoms with Crippen molar-refractivity contribution in [3.8, 4) is 5.75 Å². The van der Waals surface area contributed by atoms with Gasteiger partial charge < -0.3 is 19.4 Å². The zero-order valence-electron chi connectivity index (χ0n) is 21.1. The van der Waals surface area contributed by atoms with Gasteiger partial charge in [-0.3, -0.25) is 4.79 Å². The number of nitrogens with one attached hydrogen (secondary N) is 1. The highest BCUT2D eigenvalue weighted by Crippen LogP contribution is 2.39. The summed E-state index contributed by atoms with van der Waals surface area (Å²) < 4.78 is 13.3. The third-order valence-electron chi connectivity index (χ3n) is 5.80. The Kier molecular flexibility index (Phi) is 8.68. The minimum atomic E-state index is -0.365. The van der Waals surface area contributed by atoms with Gasteiger partial charge >= 0.3 is 5.97 Å². The molecule has 1 aliphatic rings. The van der Waals surface area contributed by atoms with Crippen molar-refractivity contribution in [1.29, 1.82) is 0 Å². The Morgan fingerprint density at radius 2 is 1.92 bits per heavy atom. The second kappa shape index (κ2) is 11.9. The van der Waals surface area contributed by atoms with Gasteiger partial charge in [-0.05, 0) is 71.1 Å². The highest BCUT2D eigenvalue weighted by molar-refractivity contribution is 7.99. The number of benzene rings is 1. The van der Waals surface area contributed by atoms with E-state index in [0.29, 0.717) is 34.7 Å². The average molecular weight is 529 g/mol. The molecule has 0 saturated carbocycles. The molecule has 0 unspecified atom stereocenters. The van der Waals surface area contributed by atoms with Crippen molar-refractivity contribution >= 4 is 40.0 Å². The summed E-state index contributed by atoms with van der Waals surface area (Å²) in [5, 5.41) is 12.7. The molecule has 2 heterocycles. The number of carbonyl (C=O) groups is 2. The van der Waals surface area contributed by atoms with Crippen LogP contribution in [0, 0.1) is 6.92 Å². The number of hydrogen-bond acceptors (Lipinski definition) is 8. The van der Waals surface area contributed by atoms with Crippen LogP contribution in [0.1, 0.15) is 65.8 Å². The van der Waals surface area contributed by atoms with E-state index in [1.54, 1.807) is 0 Å². The number of ether oxygens (including phenoxy) is 2. The van der Waals surface area contributed by atoms with Crippen LogP contribution in [0.15, 0.2) is 29.4 Å². The summed E-state index contributed by atoms with van der Waals surface area (Å²) in [5.74, 6) is 1.06. The predicted octanol–water partition coefficient (Wildman–Crippen LogP) is 5.42. The normalized spacial score (nSPS) is 12.9. The highest BCUT2D eigenvalue weighted by Gasteiger charge is 2.28. The summed E-state index contributed by atoms with van der Waals surface area (Å²) in [4.78, 5) is 26.9. The monoisotopic (exact) mass is 528 g/mol. The zero-order valence-corrected chi connectivity index (χ0v) is 22.8. The molecule has 36 heavy (non-hydrogen) atoms. The highest BCUT2D eigenvalue weighted by atomic mass is 32.2. The Bertz CT molecular complexity index is 1220. The van der Waals surface area contributed by atoms with Crippen LogP contribution in [-0.4, -0.2) is 38.5 Å². The summed E-state index contributed by atoms with van der Waals surface area (Å²) in [6.45, 7) is 8.64. The fourth-order valence-electron chi connectivity index (χ4n) is 4.07. The van der Waals surface area contributed by atoms with E-state index >= 15 is 0 Å². The Morgan fingerprint density at radius 3 is 2.64 bits per heavy atom. The maximum absolute atomic E-state index is 12.9. The van der Waals surface area contributed by atoms with E-state index in [1.165, 1.54) is 33.5 Å². The molecule has 1 amide bonds. The van der Waals surface area contributed by atoms with E-state index in [1.807, 2.05) is 56.5 Å². The van der Waals surface area contributed by atoms with Crippen LogP contribution in [0.3, 0.4) is 0 Å². The van der Waals surface area contributed by atoms with Crippen LogP contribution >= 0.6 is 23.1 Å². The summed E-state index contributed by atoms with van der Waals surface area (Å²) in [7, 11) is 0. The Balaban J connectivity index is 1.40. The quantitative estimate of drug-likeness (QED) is 0.277. The van der Waals surface area contributed by atoms with Gasteiger partial charge in [0, 0.05) is 11.4 Å². The zero-order chi connectivity index (χ0) is 25.7. The SMILES string of the molecule is CCn1c(COc2ccc(C)cc2)nnc1SCC(=O)Nc1sc2c(c1C(=O)OC(C)C)CCCC2. The van der Waals surface area contributed by atoms with Gasteiger partial charge in [-0.2, -0.15) is 0 Å². The fraction of sp³-hybridized carbons (Fsp3) is 0.462. The third-order valence-corrected chi connectivity index (χ3v) is 7.98. The number of thioether (sulfide) groups is 1. The Morgan fingerprint density at radius 1 is 1.17 bits per heavy atom. The molecule has 1 aliphatic carbocycles. The van der Waals surface area contributed by atoms with Crippen molar-refractivity contribution in [1.82, 2.24) is 14.8 Å². The van der Waals surface area contributed by atoms with E-state index in [9.17, 15) is 9.59 Å². The van der Waals surface area contributed by atoms with E-state index in [2.05, 4.69) is 15.5 Å². The molecule has 0 fully saturated rings. The first-order valence-corrected chi connectivity index (χ1v) is 14.1. The number of fused-ring (bicyclic) bond motifs is 1. The molecular weight excluding hydrogens is 496 g/mol. The van der Waals surface area contributed by atoms with Gasteiger partial charge in [0.25, 0.3) is 0 Å². The van der Waals surface area contributed by atoms with Crippen molar-refractivity contribution in [2.45, 2.75) is 77.8 Å². The minimum Gasteiger partial charge on any atom is -0.486 e. The number of anilines is 1. The lowest BCUT2D eigenvalue weighted by atomic mass is 9.95. The number of rotatable bonds is 10. The van der Waals surface area contributed by atoms with E-state index in [0.717, 1.165) is 37.0 Å². The van der Waals surface area contributed by atoms with Gasteiger partial charge in [0.1, 0.15) is 17.4 Å². The van der Waals surface area contributed by atoms with Gasteiger partial charge in [-0.1, -0.05) is 29.5 Å². The van der Waals surface area contributed by atoms with Crippen LogP contribution in [-0.2, 0) is 35.5 Å². The molecule has 4 rings (SSSR count). The second-order valence-electron chi connectivity index (χ2n) is 8.95. The summed E-state index contributed by atoms with van der Waals surface area (Å²) >= 11 is 2.81. The van der Waals surface area contributed by atoms with Crippen molar-refractivity contribution < 1.29 is 19.1 Å². The molecule has 1 N–H and O–H groups in total. The van der Waals surface area contributed by atoms with Crippen LogP contribution in [0.5, 0.6) is 5.75 Å². The van der Waals surface area contributed by atoms with Crippen molar-refractivity contribution in [2.24, 2.45) is 0 Å². The van der Waals surface area contributed by atoms with Crippen molar-refractivity contribution in [2.75, 3.05) is 11.1 Å². The molecule has 0 aliphatic heterocycles. The minimum absolute atomic E-state index is 0.151. The van der Waals surface area contributed by atoms with E-state index in [-0.39, 0.29) is 23.7 Å². The molecule has 0 saturated heterocycles. The van der Waals surface area contributed by atoms with Gasteiger partial charge in [-0.25, -0.2) is 4.79 Å². The third kappa shape index (κ3) is 6.28. The molecule has 0 spiro atoms. The summed E-state index contributed by atoms with van der Waals surface area (Å²) in [6.07, 6.45) is 3.68. The number of aryl methyl sites for hydroxylation is 2. The van der Waals surface area contributed by atoms with Crippen LogP contribution in [0.2, 0.25) is 0 Å². The lowest BCUT2D eigenvalue weighted by Crippen LogP contribution is -2.19. The first-order chi connectivity index (χ1) is 17.4. The van der Waals surface area contributed by atoms with E-state index < -0.39 is 0 Å². The molecule has 0 atom stereocenters. The van der Waals surface area contributed by atoms with Crippen LogP contribution < -0.4 is 10.1 Å². The van der Waals surface area contributed by atoms with Gasteiger partial charge in [0.2, 0.25) is 5.91 Å². The lowest BCUT2D eigenvalue weighted by Gasteiger charge is -2.14. The molecule has 2 aromatic heterocycles. The molecule has 3 aromatic rings. The molecule has 0 radical (unpaired) electrons. The molecule has 0 bridgehead atoms. The lowest BCUT2D eigenvalue weighted by molar-refractivity contribution is -0.113. The maximum Gasteiger partial charge on any atom is 0.341 e. The van der Waals surface area contributed by atoms with Gasteiger partial charge in [0.05, 0.1) is 17.4 Å². The fourth-order valence-corrected chi connectivity index (χ4v) is 6.18. The number of nitrogens with zero attached hydrogens (tertiary/aromatic N) is 3. The predicted molar refractivity (Wildman–Crippen MR) is 142 cm³/mol. The van der Waals surface area contributed by atoms with E-state index in [4.69, 9.17) is 9.47 Å². The first-order valence-electron chi connectivity index (χ1n) is 12.2. The molecule has 10 heteroatoms. The molecule has 8 nitrogen and oxygen atoms in total. The number of aromatic nitrogens is 3.